The number of amides is 2. The van der Waals surface area contributed by atoms with Crippen molar-refractivity contribution in [2.45, 2.75) is 45.1 Å². The summed E-state index contributed by atoms with van der Waals surface area (Å²) in [5, 5.41) is 0. The lowest BCUT2D eigenvalue weighted by molar-refractivity contribution is -0.135. The third-order valence-corrected chi connectivity index (χ3v) is 5.46. The van der Waals surface area contributed by atoms with E-state index in [4.69, 9.17) is 0 Å². The van der Waals surface area contributed by atoms with Crippen molar-refractivity contribution in [3.8, 4) is 0 Å². The molecular formula is C17H24N4O2. The van der Waals surface area contributed by atoms with Crippen molar-refractivity contribution in [1.82, 2.24) is 19.4 Å². The molecule has 0 radical (unpaired) electrons. The first-order valence-electron chi connectivity index (χ1n) is 8.86. The third-order valence-electron chi connectivity index (χ3n) is 5.46. The molecule has 0 aliphatic carbocycles. The van der Waals surface area contributed by atoms with E-state index in [1.165, 1.54) is 0 Å². The van der Waals surface area contributed by atoms with Crippen molar-refractivity contribution in [1.29, 1.82) is 0 Å². The van der Waals surface area contributed by atoms with Gasteiger partial charge in [0.05, 0.1) is 17.9 Å². The van der Waals surface area contributed by atoms with Crippen LogP contribution in [0.2, 0.25) is 0 Å². The first-order chi connectivity index (χ1) is 11.2. The standard InChI is InChI=1S/C17H24N4O2/c22-16(19-7-1-2-8-19)13-5-6-14-15(18-12-21(14)11-13)17(23)20-9-3-4-10-20/h12-13H,1-11H2. The predicted molar refractivity (Wildman–Crippen MR) is 85.0 cm³/mol. The van der Waals surface area contributed by atoms with Crippen LogP contribution in [-0.4, -0.2) is 57.3 Å². The highest BCUT2D eigenvalue weighted by Gasteiger charge is 2.33. The van der Waals surface area contributed by atoms with Crippen molar-refractivity contribution in [3.63, 3.8) is 0 Å². The quantitative estimate of drug-likeness (QED) is 0.826. The highest BCUT2D eigenvalue weighted by molar-refractivity contribution is 5.93. The van der Waals surface area contributed by atoms with Crippen LogP contribution in [0.1, 0.15) is 48.3 Å². The van der Waals surface area contributed by atoms with Crippen LogP contribution in [0.3, 0.4) is 0 Å². The average Bonchev–Trinajstić information content (AvgIpc) is 3.34. The van der Waals surface area contributed by atoms with Crippen molar-refractivity contribution >= 4 is 11.8 Å². The summed E-state index contributed by atoms with van der Waals surface area (Å²) < 4.78 is 2.03. The van der Waals surface area contributed by atoms with Gasteiger partial charge in [-0.2, -0.15) is 0 Å². The number of rotatable bonds is 2. The Balaban J connectivity index is 1.48. The van der Waals surface area contributed by atoms with Gasteiger partial charge in [-0.05, 0) is 38.5 Å². The summed E-state index contributed by atoms with van der Waals surface area (Å²) in [5.41, 5.74) is 1.63. The second-order valence-corrected chi connectivity index (χ2v) is 6.96. The van der Waals surface area contributed by atoms with E-state index in [0.29, 0.717) is 12.2 Å². The van der Waals surface area contributed by atoms with Gasteiger partial charge in [0.1, 0.15) is 5.69 Å². The summed E-state index contributed by atoms with van der Waals surface area (Å²) >= 11 is 0. The van der Waals surface area contributed by atoms with E-state index in [-0.39, 0.29) is 17.7 Å². The summed E-state index contributed by atoms with van der Waals surface area (Å²) in [6.07, 6.45) is 7.80. The summed E-state index contributed by atoms with van der Waals surface area (Å²) in [6.45, 7) is 4.18. The predicted octanol–water partition coefficient (Wildman–Crippen LogP) is 1.30. The maximum absolute atomic E-state index is 12.6. The highest BCUT2D eigenvalue weighted by atomic mass is 16.2. The van der Waals surface area contributed by atoms with E-state index in [0.717, 1.165) is 70.4 Å². The van der Waals surface area contributed by atoms with E-state index < -0.39 is 0 Å². The molecule has 6 nitrogen and oxygen atoms in total. The van der Waals surface area contributed by atoms with Crippen LogP contribution in [0.15, 0.2) is 6.33 Å². The maximum Gasteiger partial charge on any atom is 0.274 e. The Hall–Kier alpha value is -1.85. The second-order valence-electron chi connectivity index (χ2n) is 6.96. The Kier molecular flexibility index (Phi) is 3.83. The zero-order chi connectivity index (χ0) is 15.8. The SMILES string of the molecule is O=C(c1ncn2c1CCC(C(=O)N1CCCC1)C2)N1CCCC1. The highest BCUT2D eigenvalue weighted by Crippen LogP contribution is 2.26. The maximum atomic E-state index is 12.6. The Morgan fingerprint density at radius 3 is 2.35 bits per heavy atom. The Labute approximate surface area is 136 Å². The van der Waals surface area contributed by atoms with Gasteiger partial charge in [-0.1, -0.05) is 0 Å². The van der Waals surface area contributed by atoms with Gasteiger partial charge in [-0.3, -0.25) is 9.59 Å². The van der Waals surface area contributed by atoms with Gasteiger partial charge < -0.3 is 14.4 Å². The van der Waals surface area contributed by atoms with Crippen molar-refractivity contribution in [3.05, 3.63) is 17.7 Å². The molecule has 6 heteroatoms. The van der Waals surface area contributed by atoms with Crippen molar-refractivity contribution < 1.29 is 9.59 Å². The smallest absolute Gasteiger partial charge is 0.274 e. The summed E-state index contributed by atoms with van der Waals surface area (Å²) in [4.78, 5) is 33.4. The molecule has 3 aliphatic heterocycles. The van der Waals surface area contributed by atoms with Crippen LogP contribution < -0.4 is 0 Å². The van der Waals surface area contributed by atoms with Gasteiger partial charge in [0.15, 0.2) is 0 Å². The number of aromatic nitrogens is 2. The van der Waals surface area contributed by atoms with Gasteiger partial charge in [0, 0.05) is 32.7 Å². The van der Waals surface area contributed by atoms with Crippen LogP contribution in [0, 0.1) is 5.92 Å². The number of hydrogen-bond donors (Lipinski definition) is 0. The normalized spacial score (nSPS) is 24.1. The van der Waals surface area contributed by atoms with E-state index >= 15 is 0 Å². The summed E-state index contributed by atoms with van der Waals surface area (Å²) in [7, 11) is 0. The number of likely N-dealkylation sites (tertiary alicyclic amines) is 2. The fraction of sp³-hybridized carbons (Fsp3) is 0.706. The summed E-state index contributed by atoms with van der Waals surface area (Å²) in [5.74, 6) is 0.402. The zero-order valence-corrected chi connectivity index (χ0v) is 13.5. The number of fused-ring (bicyclic) bond motifs is 1. The van der Waals surface area contributed by atoms with Crippen LogP contribution in [0.25, 0.3) is 0 Å². The van der Waals surface area contributed by atoms with E-state index in [2.05, 4.69) is 4.98 Å². The zero-order valence-electron chi connectivity index (χ0n) is 13.5. The molecule has 0 saturated carbocycles. The molecule has 2 fully saturated rings. The summed E-state index contributed by atoms with van der Waals surface area (Å²) in [6, 6.07) is 0. The van der Waals surface area contributed by atoms with Gasteiger partial charge >= 0.3 is 0 Å². The molecule has 1 atom stereocenters. The largest absolute Gasteiger partial charge is 0.342 e. The topological polar surface area (TPSA) is 58.4 Å². The van der Waals surface area contributed by atoms with Crippen molar-refractivity contribution in [2.75, 3.05) is 26.2 Å². The molecule has 0 aromatic carbocycles. The van der Waals surface area contributed by atoms with Crippen LogP contribution in [0.5, 0.6) is 0 Å². The average molecular weight is 316 g/mol. The van der Waals surface area contributed by atoms with E-state index in [9.17, 15) is 9.59 Å². The molecule has 124 valence electrons. The fourth-order valence-electron chi connectivity index (χ4n) is 4.11. The lowest BCUT2D eigenvalue weighted by Gasteiger charge is -2.28. The molecule has 2 amide bonds. The number of carbonyl (C=O) groups excluding carboxylic acids is 2. The first kappa shape index (κ1) is 14.7. The molecule has 1 unspecified atom stereocenters. The minimum absolute atomic E-state index is 0.0459. The molecule has 1 aromatic heterocycles. The molecule has 2 saturated heterocycles. The minimum atomic E-state index is 0.0459. The number of imidazole rings is 1. The molecule has 23 heavy (non-hydrogen) atoms. The van der Waals surface area contributed by atoms with Gasteiger partial charge in [0.25, 0.3) is 5.91 Å². The molecule has 0 spiro atoms. The molecule has 3 aliphatic rings. The minimum Gasteiger partial charge on any atom is -0.342 e. The first-order valence-corrected chi connectivity index (χ1v) is 8.86. The monoisotopic (exact) mass is 316 g/mol. The molecule has 0 N–H and O–H groups in total. The van der Waals surface area contributed by atoms with Crippen LogP contribution >= 0.6 is 0 Å². The molecule has 0 bridgehead atoms. The van der Waals surface area contributed by atoms with Gasteiger partial charge in [-0.15, -0.1) is 0 Å². The third kappa shape index (κ3) is 2.64. The lowest BCUT2D eigenvalue weighted by Crippen LogP contribution is -2.38. The van der Waals surface area contributed by atoms with Crippen LogP contribution in [-0.2, 0) is 17.8 Å². The Bertz CT molecular complexity index is 612. The Morgan fingerprint density at radius 2 is 1.65 bits per heavy atom. The second kappa shape index (κ2) is 5.98. The Morgan fingerprint density at radius 1 is 1.00 bits per heavy atom. The molecule has 1 aromatic rings. The molecule has 4 heterocycles. The van der Waals surface area contributed by atoms with E-state index in [1.807, 2.05) is 14.4 Å². The molecular weight excluding hydrogens is 292 g/mol. The number of nitrogens with zero attached hydrogens (tertiary/aromatic N) is 4. The lowest BCUT2D eigenvalue weighted by atomic mass is 9.95. The number of carbonyl (C=O) groups is 2. The van der Waals surface area contributed by atoms with Crippen molar-refractivity contribution in [2.24, 2.45) is 5.92 Å². The van der Waals surface area contributed by atoms with Gasteiger partial charge in [-0.25, -0.2) is 4.98 Å². The van der Waals surface area contributed by atoms with Crippen LogP contribution in [0.4, 0.5) is 0 Å². The fourth-order valence-corrected chi connectivity index (χ4v) is 4.11. The molecule has 4 rings (SSSR count). The number of hydrogen-bond acceptors (Lipinski definition) is 3. The van der Waals surface area contributed by atoms with Gasteiger partial charge in [0.2, 0.25) is 5.91 Å². The van der Waals surface area contributed by atoms with E-state index in [1.54, 1.807) is 6.33 Å².